The van der Waals surface area contributed by atoms with Crippen LogP contribution in [-0.2, 0) is 7.05 Å². The van der Waals surface area contributed by atoms with Crippen molar-refractivity contribution < 1.29 is 0 Å². The number of pyridine rings is 1. The van der Waals surface area contributed by atoms with E-state index in [0.717, 1.165) is 11.5 Å². The maximum Gasteiger partial charge on any atom is 0.128 e. The van der Waals surface area contributed by atoms with E-state index in [1.807, 2.05) is 50.6 Å². The average Bonchev–Trinajstić information content (AvgIpc) is 2.70. The van der Waals surface area contributed by atoms with Crippen molar-refractivity contribution >= 4 is 11.9 Å². The minimum atomic E-state index is 0.960. The van der Waals surface area contributed by atoms with Crippen LogP contribution in [0.1, 0.15) is 5.69 Å². The van der Waals surface area contributed by atoms with Crippen LogP contribution in [0.3, 0.4) is 0 Å². The van der Waals surface area contributed by atoms with E-state index in [0.29, 0.717) is 0 Å². The molecule has 0 aliphatic rings. The molecule has 0 amide bonds. The molecule has 0 aliphatic heterocycles. The average molecular weight is 227 g/mol. The van der Waals surface area contributed by atoms with Crippen LogP contribution in [0.5, 0.6) is 0 Å². The van der Waals surface area contributed by atoms with E-state index in [4.69, 9.17) is 0 Å². The number of hydrogen-bond acceptors (Lipinski definition) is 2. The highest BCUT2D eigenvalue weighted by molar-refractivity contribution is 5.75. The van der Waals surface area contributed by atoms with Crippen molar-refractivity contribution in [2.75, 3.05) is 19.0 Å². The Morgan fingerprint density at radius 3 is 2.76 bits per heavy atom. The molecule has 2 heterocycles. The predicted octanol–water partition coefficient (Wildman–Crippen LogP) is 2.80. The van der Waals surface area contributed by atoms with Crippen molar-refractivity contribution in [3.63, 3.8) is 0 Å². The van der Waals surface area contributed by atoms with Crippen LogP contribution in [-0.4, -0.2) is 23.6 Å². The number of rotatable bonds is 3. The Morgan fingerprint density at radius 1 is 1.35 bits per heavy atom. The predicted molar refractivity (Wildman–Crippen MR) is 73.1 cm³/mol. The first-order valence-electron chi connectivity index (χ1n) is 5.55. The molecular formula is C14H17N3. The summed E-state index contributed by atoms with van der Waals surface area (Å²) in [6.45, 7) is 3.86. The molecule has 0 spiro atoms. The van der Waals surface area contributed by atoms with Crippen molar-refractivity contribution in [1.29, 1.82) is 0 Å². The molecule has 3 heteroatoms. The highest BCUT2D eigenvalue weighted by Gasteiger charge is 2.07. The van der Waals surface area contributed by atoms with Gasteiger partial charge in [0, 0.05) is 44.8 Å². The third-order valence-corrected chi connectivity index (χ3v) is 2.83. The van der Waals surface area contributed by atoms with Crippen LogP contribution in [0, 0.1) is 0 Å². The Kier molecular flexibility index (Phi) is 3.00. The molecular weight excluding hydrogens is 210 g/mol. The van der Waals surface area contributed by atoms with Gasteiger partial charge in [0.05, 0.1) is 0 Å². The third kappa shape index (κ3) is 2.09. The summed E-state index contributed by atoms with van der Waals surface area (Å²) < 4.78 is 2.07. The van der Waals surface area contributed by atoms with Gasteiger partial charge in [0.15, 0.2) is 0 Å². The number of nitrogens with zero attached hydrogens (tertiary/aromatic N) is 3. The van der Waals surface area contributed by atoms with E-state index in [1.54, 1.807) is 0 Å². The Labute approximate surface area is 102 Å². The molecule has 2 rings (SSSR count). The van der Waals surface area contributed by atoms with Crippen LogP contribution >= 0.6 is 0 Å². The second kappa shape index (κ2) is 4.45. The first-order chi connectivity index (χ1) is 8.13. The Bertz CT molecular complexity index is 538. The monoisotopic (exact) mass is 227 g/mol. The minimum absolute atomic E-state index is 0.960. The van der Waals surface area contributed by atoms with Crippen LogP contribution in [0.15, 0.2) is 37.2 Å². The molecule has 0 N–H and O–H groups in total. The van der Waals surface area contributed by atoms with Gasteiger partial charge in [-0.05, 0) is 29.8 Å². The lowest BCUT2D eigenvalue weighted by molar-refractivity contribution is 0.916. The van der Waals surface area contributed by atoms with Gasteiger partial charge in [-0.1, -0.05) is 6.58 Å². The Morgan fingerprint density at radius 2 is 2.12 bits per heavy atom. The molecule has 0 saturated carbocycles. The molecule has 88 valence electrons. The van der Waals surface area contributed by atoms with Crippen molar-refractivity contribution in [2.45, 2.75) is 0 Å². The van der Waals surface area contributed by atoms with Crippen LogP contribution < -0.4 is 4.90 Å². The summed E-state index contributed by atoms with van der Waals surface area (Å²) in [4.78, 5) is 6.32. The van der Waals surface area contributed by atoms with Crippen molar-refractivity contribution in [2.24, 2.45) is 7.05 Å². The van der Waals surface area contributed by atoms with Crippen LogP contribution in [0.25, 0.3) is 17.2 Å². The molecule has 0 atom stereocenters. The number of hydrogen-bond donors (Lipinski definition) is 0. The third-order valence-electron chi connectivity index (χ3n) is 2.83. The molecule has 2 aromatic heterocycles. The zero-order chi connectivity index (χ0) is 12.4. The van der Waals surface area contributed by atoms with Gasteiger partial charge in [0.2, 0.25) is 0 Å². The quantitative estimate of drug-likeness (QED) is 0.804. The summed E-state index contributed by atoms with van der Waals surface area (Å²) in [5.41, 5.74) is 3.48. The molecule has 0 aliphatic carbocycles. The molecule has 3 nitrogen and oxygen atoms in total. The lowest BCUT2D eigenvalue weighted by Crippen LogP contribution is -2.10. The normalized spacial score (nSPS) is 10.3. The topological polar surface area (TPSA) is 21.1 Å². The van der Waals surface area contributed by atoms with Crippen molar-refractivity contribution in [3.05, 3.63) is 42.9 Å². The minimum Gasteiger partial charge on any atom is -0.363 e. The van der Waals surface area contributed by atoms with Gasteiger partial charge >= 0.3 is 0 Å². The van der Waals surface area contributed by atoms with Crippen molar-refractivity contribution in [3.8, 4) is 11.1 Å². The molecule has 0 saturated heterocycles. The fraction of sp³-hybridized carbons (Fsp3) is 0.214. The molecule has 0 aromatic carbocycles. The second-order valence-corrected chi connectivity index (χ2v) is 4.23. The summed E-state index contributed by atoms with van der Waals surface area (Å²) in [5, 5.41) is 0. The van der Waals surface area contributed by atoms with Gasteiger partial charge in [0.25, 0.3) is 0 Å². The van der Waals surface area contributed by atoms with Gasteiger partial charge in [0.1, 0.15) is 5.82 Å². The fourth-order valence-electron chi connectivity index (χ4n) is 1.87. The smallest absolute Gasteiger partial charge is 0.128 e. The summed E-state index contributed by atoms with van der Waals surface area (Å²) in [7, 11) is 6.01. The van der Waals surface area contributed by atoms with E-state index < -0.39 is 0 Å². The largest absolute Gasteiger partial charge is 0.363 e. The molecule has 0 fully saturated rings. The highest BCUT2D eigenvalue weighted by Crippen LogP contribution is 2.27. The zero-order valence-corrected chi connectivity index (χ0v) is 10.5. The van der Waals surface area contributed by atoms with E-state index >= 15 is 0 Å². The molecule has 0 radical (unpaired) electrons. The van der Waals surface area contributed by atoms with E-state index in [2.05, 4.69) is 28.3 Å². The summed E-state index contributed by atoms with van der Waals surface area (Å²) in [6, 6.07) is 6.21. The number of aryl methyl sites for hydroxylation is 1. The maximum atomic E-state index is 4.32. The molecule has 0 bridgehead atoms. The van der Waals surface area contributed by atoms with E-state index in [1.165, 1.54) is 11.1 Å². The van der Waals surface area contributed by atoms with Crippen molar-refractivity contribution in [1.82, 2.24) is 9.55 Å². The Hall–Kier alpha value is -2.03. The maximum absolute atomic E-state index is 4.32. The SMILES string of the molecule is C=Cc1c(-c2ccnc(N(C)C)c2)ccn1C. The van der Waals surface area contributed by atoms with Crippen LogP contribution in [0.4, 0.5) is 5.82 Å². The molecule has 0 unspecified atom stereocenters. The second-order valence-electron chi connectivity index (χ2n) is 4.23. The Balaban J connectivity index is 2.52. The summed E-state index contributed by atoms with van der Waals surface area (Å²) >= 11 is 0. The zero-order valence-electron chi connectivity index (χ0n) is 10.5. The lowest BCUT2D eigenvalue weighted by Gasteiger charge is -2.12. The van der Waals surface area contributed by atoms with E-state index in [-0.39, 0.29) is 0 Å². The highest BCUT2D eigenvalue weighted by atomic mass is 15.1. The number of aromatic nitrogens is 2. The molecule has 2 aromatic rings. The molecule has 17 heavy (non-hydrogen) atoms. The van der Waals surface area contributed by atoms with Gasteiger partial charge in [-0.3, -0.25) is 0 Å². The van der Waals surface area contributed by atoms with Gasteiger partial charge < -0.3 is 9.47 Å². The van der Waals surface area contributed by atoms with Gasteiger partial charge in [-0.15, -0.1) is 0 Å². The summed E-state index contributed by atoms with van der Waals surface area (Å²) in [6.07, 6.45) is 5.76. The van der Waals surface area contributed by atoms with Crippen LogP contribution in [0.2, 0.25) is 0 Å². The fourth-order valence-corrected chi connectivity index (χ4v) is 1.87. The first-order valence-corrected chi connectivity index (χ1v) is 5.55. The van der Waals surface area contributed by atoms with E-state index in [9.17, 15) is 0 Å². The first kappa shape index (κ1) is 11.5. The number of anilines is 1. The summed E-state index contributed by atoms with van der Waals surface area (Å²) in [5.74, 6) is 0.960. The van der Waals surface area contributed by atoms with Gasteiger partial charge in [-0.25, -0.2) is 4.98 Å². The standard InChI is InChI=1S/C14H17N3/c1-5-13-12(7-9-17(13)4)11-6-8-15-14(10-11)16(2)3/h5-10H,1H2,2-4H3. The van der Waals surface area contributed by atoms with Gasteiger partial charge in [-0.2, -0.15) is 0 Å². The lowest BCUT2D eigenvalue weighted by atomic mass is 10.1.